The molecule has 1 spiro atoms. The van der Waals surface area contributed by atoms with Crippen molar-refractivity contribution in [2.75, 3.05) is 18.1 Å². The summed E-state index contributed by atoms with van der Waals surface area (Å²) in [7, 11) is 0. The molecule has 3 rings (SSSR count). The maximum atomic E-state index is 9.55. The molecule has 2 aliphatic heterocycles. The molecular weight excluding hydrogens is 218 g/mol. The third kappa shape index (κ3) is 1.62. The van der Waals surface area contributed by atoms with Crippen molar-refractivity contribution in [1.82, 2.24) is 5.32 Å². The number of thioether (sulfide) groups is 1. The first-order valence-corrected chi connectivity index (χ1v) is 7.11. The van der Waals surface area contributed by atoms with Gasteiger partial charge in [0.25, 0.3) is 0 Å². The highest BCUT2D eigenvalue weighted by molar-refractivity contribution is 7.99. The van der Waals surface area contributed by atoms with E-state index in [1.165, 1.54) is 35.5 Å². The van der Waals surface area contributed by atoms with E-state index in [0.717, 1.165) is 13.0 Å². The molecule has 0 aromatic heterocycles. The molecule has 0 amide bonds. The molecule has 0 bridgehead atoms. The Morgan fingerprint density at radius 3 is 2.88 bits per heavy atom. The fraction of sp³-hybridized carbons (Fsp3) is 0.538. The Labute approximate surface area is 100 Å². The summed E-state index contributed by atoms with van der Waals surface area (Å²) in [5, 5.41) is 13.3. The smallest absolute Gasteiger partial charge is 0.115 e. The highest BCUT2D eigenvalue weighted by Gasteiger charge is 2.37. The summed E-state index contributed by atoms with van der Waals surface area (Å²) in [6, 6.07) is 5.89. The van der Waals surface area contributed by atoms with Gasteiger partial charge in [-0.1, -0.05) is 6.07 Å². The second kappa shape index (κ2) is 3.97. The SMILES string of the molecule is Oc1ccc2c(c1)CCNC21CCSCC1. The number of aromatic hydroxyl groups is 1. The summed E-state index contributed by atoms with van der Waals surface area (Å²) in [6.07, 6.45) is 3.48. The van der Waals surface area contributed by atoms with Crippen molar-refractivity contribution in [3.05, 3.63) is 29.3 Å². The number of rotatable bonds is 0. The Morgan fingerprint density at radius 2 is 2.06 bits per heavy atom. The first kappa shape index (κ1) is 10.5. The van der Waals surface area contributed by atoms with E-state index in [1.54, 1.807) is 0 Å². The molecule has 0 atom stereocenters. The molecule has 2 aliphatic rings. The van der Waals surface area contributed by atoms with Gasteiger partial charge in [0.2, 0.25) is 0 Å². The number of nitrogens with one attached hydrogen (secondary N) is 1. The molecule has 16 heavy (non-hydrogen) atoms. The van der Waals surface area contributed by atoms with Crippen LogP contribution < -0.4 is 5.32 Å². The zero-order valence-electron chi connectivity index (χ0n) is 9.33. The fourth-order valence-corrected chi connectivity index (χ4v) is 4.14. The number of phenolic OH excluding ortho intramolecular Hbond substituents is 1. The second-order valence-corrected chi connectivity index (χ2v) is 5.94. The molecule has 0 unspecified atom stereocenters. The predicted octanol–water partition coefficient (Wildman–Crippen LogP) is 2.26. The molecule has 2 N–H and O–H groups in total. The first-order chi connectivity index (χ1) is 7.80. The summed E-state index contributed by atoms with van der Waals surface area (Å²) >= 11 is 2.05. The largest absolute Gasteiger partial charge is 0.508 e. The monoisotopic (exact) mass is 235 g/mol. The Kier molecular flexibility index (Phi) is 2.60. The number of phenols is 1. The van der Waals surface area contributed by atoms with Crippen LogP contribution in [0.3, 0.4) is 0 Å². The molecule has 1 fully saturated rings. The summed E-state index contributed by atoms with van der Waals surface area (Å²) in [5.41, 5.74) is 2.97. The van der Waals surface area contributed by atoms with Crippen LogP contribution in [-0.2, 0) is 12.0 Å². The van der Waals surface area contributed by atoms with Crippen molar-refractivity contribution < 1.29 is 5.11 Å². The molecule has 86 valence electrons. The standard InChI is InChI=1S/C13H17NOS/c15-11-1-2-12-10(9-11)3-6-14-13(12)4-7-16-8-5-13/h1-2,9,14-15H,3-8H2. The van der Waals surface area contributed by atoms with E-state index >= 15 is 0 Å². The molecule has 0 saturated carbocycles. The van der Waals surface area contributed by atoms with Crippen molar-refractivity contribution in [3.8, 4) is 5.75 Å². The molecule has 1 aromatic rings. The predicted molar refractivity (Wildman–Crippen MR) is 68.1 cm³/mol. The van der Waals surface area contributed by atoms with Gasteiger partial charge in [0, 0.05) is 12.1 Å². The quantitative estimate of drug-likeness (QED) is 0.723. The maximum Gasteiger partial charge on any atom is 0.115 e. The second-order valence-electron chi connectivity index (χ2n) is 4.71. The van der Waals surface area contributed by atoms with Gasteiger partial charge in [0.15, 0.2) is 0 Å². The zero-order chi connectivity index (χ0) is 11.0. The lowest BCUT2D eigenvalue weighted by Crippen LogP contribution is -2.49. The van der Waals surface area contributed by atoms with Crippen LogP contribution in [-0.4, -0.2) is 23.2 Å². The first-order valence-electron chi connectivity index (χ1n) is 5.95. The average molecular weight is 235 g/mol. The Hall–Kier alpha value is -0.670. The van der Waals surface area contributed by atoms with E-state index in [9.17, 15) is 5.11 Å². The minimum Gasteiger partial charge on any atom is -0.508 e. The normalized spacial score (nSPS) is 23.0. The minimum absolute atomic E-state index is 0.201. The molecule has 2 nitrogen and oxygen atoms in total. The maximum absolute atomic E-state index is 9.55. The van der Waals surface area contributed by atoms with Crippen LogP contribution in [0.4, 0.5) is 0 Å². The molecule has 3 heteroatoms. The summed E-state index contributed by atoms with van der Waals surface area (Å²) < 4.78 is 0. The molecule has 0 radical (unpaired) electrons. The fourth-order valence-electron chi connectivity index (χ4n) is 2.95. The van der Waals surface area contributed by atoms with Gasteiger partial charge in [0.1, 0.15) is 5.75 Å². The van der Waals surface area contributed by atoms with Crippen LogP contribution in [0.2, 0.25) is 0 Å². The number of hydrogen-bond acceptors (Lipinski definition) is 3. The Morgan fingerprint density at radius 1 is 1.25 bits per heavy atom. The van der Waals surface area contributed by atoms with Gasteiger partial charge in [-0.2, -0.15) is 11.8 Å². The minimum atomic E-state index is 0.201. The van der Waals surface area contributed by atoms with Gasteiger partial charge in [-0.05, 0) is 54.0 Å². The lowest BCUT2D eigenvalue weighted by Gasteiger charge is -2.43. The highest BCUT2D eigenvalue weighted by atomic mass is 32.2. The molecule has 0 aliphatic carbocycles. The van der Waals surface area contributed by atoms with Crippen LogP contribution in [0.5, 0.6) is 5.75 Å². The van der Waals surface area contributed by atoms with Gasteiger partial charge < -0.3 is 10.4 Å². The van der Waals surface area contributed by atoms with Crippen LogP contribution in [0, 0.1) is 0 Å². The average Bonchev–Trinajstić information content (AvgIpc) is 2.30. The van der Waals surface area contributed by atoms with Gasteiger partial charge in [-0.25, -0.2) is 0 Å². The van der Waals surface area contributed by atoms with Crippen molar-refractivity contribution in [1.29, 1.82) is 0 Å². The molecular formula is C13H17NOS. The molecule has 1 aromatic carbocycles. The topological polar surface area (TPSA) is 32.3 Å². The lowest BCUT2D eigenvalue weighted by molar-refractivity contribution is 0.291. The van der Waals surface area contributed by atoms with Crippen LogP contribution in [0.1, 0.15) is 24.0 Å². The van der Waals surface area contributed by atoms with E-state index in [1.807, 2.05) is 12.1 Å². The van der Waals surface area contributed by atoms with Crippen LogP contribution in [0.25, 0.3) is 0 Å². The number of hydrogen-bond donors (Lipinski definition) is 2. The third-order valence-electron chi connectivity index (χ3n) is 3.81. The van der Waals surface area contributed by atoms with Crippen molar-refractivity contribution in [3.63, 3.8) is 0 Å². The van der Waals surface area contributed by atoms with Crippen LogP contribution in [0.15, 0.2) is 18.2 Å². The van der Waals surface area contributed by atoms with E-state index in [0.29, 0.717) is 5.75 Å². The molecule has 1 saturated heterocycles. The van der Waals surface area contributed by atoms with Crippen molar-refractivity contribution in [2.45, 2.75) is 24.8 Å². The van der Waals surface area contributed by atoms with E-state index < -0.39 is 0 Å². The lowest BCUT2D eigenvalue weighted by atomic mass is 9.78. The Balaban J connectivity index is 2.04. The van der Waals surface area contributed by atoms with Gasteiger partial charge in [-0.15, -0.1) is 0 Å². The third-order valence-corrected chi connectivity index (χ3v) is 4.79. The molecule has 2 heterocycles. The van der Waals surface area contributed by atoms with E-state index in [4.69, 9.17) is 0 Å². The van der Waals surface area contributed by atoms with E-state index in [-0.39, 0.29) is 5.54 Å². The van der Waals surface area contributed by atoms with Gasteiger partial charge >= 0.3 is 0 Å². The van der Waals surface area contributed by atoms with Gasteiger partial charge in [0.05, 0.1) is 0 Å². The van der Waals surface area contributed by atoms with Crippen molar-refractivity contribution in [2.24, 2.45) is 0 Å². The number of benzene rings is 1. The summed E-state index contributed by atoms with van der Waals surface area (Å²) in [6.45, 7) is 1.04. The summed E-state index contributed by atoms with van der Waals surface area (Å²) in [4.78, 5) is 0. The number of fused-ring (bicyclic) bond motifs is 2. The van der Waals surface area contributed by atoms with Crippen LogP contribution >= 0.6 is 11.8 Å². The Bertz CT molecular complexity index is 399. The zero-order valence-corrected chi connectivity index (χ0v) is 10.1. The van der Waals surface area contributed by atoms with E-state index in [2.05, 4.69) is 23.1 Å². The van der Waals surface area contributed by atoms with Crippen molar-refractivity contribution >= 4 is 11.8 Å². The van der Waals surface area contributed by atoms with Gasteiger partial charge in [-0.3, -0.25) is 0 Å². The summed E-state index contributed by atoms with van der Waals surface area (Å²) in [5.74, 6) is 2.89. The highest BCUT2D eigenvalue weighted by Crippen LogP contribution is 2.40.